The van der Waals surface area contributed by atoms with Gasteiger partial charge in [0.05, 0.1) is 32.6 Å². The second kappa shape index (κ2) is 15.6. The molecule has 3 aliphatic heterocycles. The molecule has 5 fully saturated rings. The van der Waals surface area contributed by atoms with E-state index in [0.29, 0.717) is 48.0 Å². The maximum absolute atomic E-state index is 17.3. The maximum Gasteiger partial charge on any atom is 0.222 e. The molecule has 0 radical (unpaired) electrons. The summed E-state index contributed by atoms with van der Waals surface area (Å²) in [7, 11) is -0.0759. The average Bonchev–Trinajstić information content (AvgIpc) is 3.00. The van der Waals surface area contributed by atoms with Crippen molar-refractivity contribution in [2.45, 2.75) is 158 Å². The molecule has 14 unspecified atom stereocenters. The van der Waals surface area contributed by atoms with E-state index in [1.54, 1.807) is 13.4 Å². The van der Waals surface area contributed by atoms with Crippen LogP contribution in [0.5, 0.6) is 0 Å². The summed E-state index contributed by atoms with van der Waals surface area (Å²) in [4.78, 5) is 2.49. The Morgan fingerprint density at radius 2 is 1.63 bits per heavy atom. The molecular formula is C35H66F2N4O3SSi. The molecule has 7 nitrogen and oxygen atoms in total. The first-order valence-electron chi connectivity index (χ1n) is 18.5. The molecule has 0 bridgehead atoms. The summed E-state index contributed by atoms with van der Waals surface area (Å²) in [5, 5.41) is 10.8. The molecule has 2 saturated carbocycles. The van der Waals surface area contributed by atoms with Crippen LogP contribution in [0.2, 0.25) is 22.7 Å². The molecule has 5 aliphatic rings. The maximum atomic E-state index is 17.3. The minimum Gasteiger partial charge on any atom is -0.614 e. The van der Waals surface area contributed by atoms with Gasteiger partial charge in [0.15, 0.2) is 0 Å². The van der Waals surface area contributed by atoms with Crippen LogP contribution >= 0.6 is 0 Å². The van der Waals surface area contributed by atoms with E-state index in [-0.39, 0.29) is 42.7 Å². The van der Waals surface area contributed by atoms with Gasteiger partial charge in [-0.15, -0.1) is 0 Å². The summed E-state index contributed by atoms with van der Waals surface area (Å²) in [6.45, 7) is 18.5. The predicted octanol–water partition coefficient (Wildman–Crippen LogP) is 6.00. The standard InChI is InChI=1S/C35H66F2N4O3SSi/c1-20(2)46(21(3)4,22(5)6)15-13-26-29(36)11-10-24-16-25(44-19-43-8)17-27(30(24)26)32-31(37)33-28(18-38-35(40-33)45(9)42)34(39-32)41-14-12-23(41)7/h20-35,38-40H,10-19H2,1-9H3. The smallest absolute Gasteiger partial charge is 0.222 e. The lowest BCUT2D eigenvalue weighted by Gasteiger charge is -2.59. The summed E-state index contributed by atoms with van der Waals surface area (Å²) in [6, 6.07) is 0.734. The topological polar surface area (TPSA) is 80.9 Å². The first-order chi connectivity index (χ1) is 21.8. The zero-order valence-electron chi connectivity index (χ0n) is 30.1. The summed E-state index contributed by atoms with van der Waals surface area (Å²) < 4.78 is 57.9. The van der Waals surface area contributed by atoms with E-state index in [4.69, 9.17) is 9.47 Å². The summed E-state index contributed by atoms with van der Waals surface area (Å²) in [6.07, 6.45) is 4.76. The lowest BCUT2D eigenvalue weighted by atomic mass is 9.56. The van der Waals surface area contributed by atoms with E-state index in [9.17, 15) is 4.55 Å². The molecule has 14 atom stereocenters. The normalized spacial score (nSPS) is 43.0. The molecule has 3 heterocycles. The summed E-state index contributed by atoms with van der Waals surface area (Å²) in [5.74, 6) is 0.342. The Morgan fingerprint density at radius 1 is 0.957 bits per heavy atom. The lowest BCUT2D eigenvalue weighted by Crippen LogP contribution is -2.78. The number of likely N-dealkylation sites (tertiary alicyclic amines) is 1. The highest BCUT2D eigenvalue weighted by atomic mass is 32.2. The quantitative estimate of drug-likeness (QED) is 0.132. The highest BCUT2D eigenvalue weighted by molar-refractivity contribution is 7.91. The fourth-order valence-corrected chi connectivity index (χ4v) is 18.7. The molecule has 0 aromatic carbocycles. The number of hydrogen-bond donors (Lipinski definition) is 3. The number of halogens is 2. The van der Waals surface area contributed by atoms with Gasteiger partial charge in [-0.1, -0.05) is 64.2 Å². The molecule has 2 aliphatic carbocycles. The van der Waals surface area contributed by atoms with Gasteiger partial charge >= 0.3 is 0 Å². The second-order valence-electron chi connectivity index (χ2n) is 16.6. The molecule has 5 rings (SSSR count). The Labute approximate surface area is 283 Å². The molecule has 0 amide bonds. The van der Waals surface area contributed by atoms with Crippen molar-refractivity contribution in [3.63, 3.8) is 0 Å². The summed E-state index contributed by atoms with van der Waals surface area (Å²) >= 11 is -1.17. The fourth-order valence-electron chi connectivity index (χ4n) is 11.4. The van der Waals surface area contributed by atoms with Crippen molar-refractivity contribution < 1.29 is 22.8 Å². The Balaban J connectivity index is 1.49. The number of nitrogens with one attached hydrogen (secondary N) is 3. The highest BCUT2D eigenvalue weighted by Crippen LogP contribution is 2.54. The monoisotopic (exact) mass is 688 g/mol. The van der Waals surface area contributed by atoms with Crippen molar-refractivity contribution in [3.05, 3.63) is 0 Å². The highest BCUT2D eigenvalue weighted by Gasteiger charge is 2.58. The molecule has 0 aromatic heterocycles. The molecule has 0 spiro atoms. The number of alkyl halides is 2. The van der Waals surface area contributed by atoms with E-state index in [0.717, 1.165) is 38.3 Å². The molecule has 11 heteroatoms. The largest absolute Gasteiger partial charge is 0.614 e. The van der Waals surface area contributed by atoms with Crippen molar-refractivity contribution in [3.8, 4) is 0 Å². The number of fused-ring (bicyclic) bond motifs is 2. The Kier molecular flexibility index (Phi) is 12.7. The number of rotatable bonds is 12. The van der Waals surface area contributed by atoms with Crippen molar-refractivity contribution in [1.82, 2.24) is 20.9 Å². The van der Waals surface area contributed by atoms with E-state index >= 15 is 8.78 Å². The third-order valence-electron chi connectivity index (χ3n) is 13.8. The van der Waals surface area contributed by atoms with Gasteiger partial charge in [0.25, 0.3) is 0 Å². The third kappa shape index (κ3) is 7.16. The molecule has 46 heavy (non-hydrogen) atoms. The Hall–Kier alpha value is 0.147. The number of hydrogen-bond acceptors (Lipinski definition) is 7. The van der Waals surface area contributed by atoms with Gasteiger partial charge in [-0.25, -0.2) is 8.78 Å². The average molecular weight is 689 g/mol. The van der Waals surface area contributed by atoms with Gasteiger partial charge in [-0.3, -0.25) is 20.9 Å². The van der Waals surface area contributed by atoms with Gasteiger partial charge in [-0.05, 0) is 80.3 Å². The van der Waals surface area contributed by atoms with Crippen molar-refractivity contribution in [2.24, 2.45) is 29.6 Å². The molecule has 268 valence electrons. The van der Waals surface area contributed by atoms with Crippen LogP contribution in [0.25, 0.3) is 0 Å². The van der Waals surface area contributed by atoms with Crippen LogP contribution in [0.4, 0.5) is 8.78 Å². The number of piperidine rings is 1. The van der Waals surface area contributed by atoms with Crippen LogP contribution in [0.1, 0.15) is 87.0 Å². The van der Waals surface area contributed by atoms with Crippen LogP contribution < -0.4 is 16.0 Å². The van der Waals surface area contributed by atoms with Gasteiger partial charge in [0.1, 0.15) is 19.1 Å². The van der Waals surface area contributed by atoms with Crippen LogP contribution in [0.15, 0.2) is 0 Å². The molecule has 3 N–H and O–H groups in total. The minimum atomic E-state index is -1.73. The van der Waals surface area contributed by atoms with Crippen molar-refractivity contribution in [1.29, 1.82) is 0 Å². The predicted molar refractivity (Wildman–Crippen MR) is 187 cm³/mol. The first-order valence-corrected chi connectivity index (χ1v) is 22.6. The summed E-state index contributed by atoms with van der Waals surface area (Å²) in [5.41, 5.74) is 1.47. The van der Waals surface area contributed by atoms with Gasteiger partial charge in [-0.2, -0.15) is 0 Å². The van der Waals surface area contributed by atoms with Gasteiger partial charge in [0.2, 0.25) is 5.50 Å². The van der Waals surface area contributed by atoms with Crippen LogP contribution in [-0.2, 0) is 20.6 Å². The SMILES string of the molecule is COCOC1CC2CCC(F)C(CC[Si](C(C)C)(C(C)C)C(C)C)C2C(C2NC(N3CCC3C)C3CNC([S+](C)[O-])NC3C2F)C1. The van der Waals surface area contributed by atoms with Crippen molar-refractivity contribution >= 4 is 19.2 Å². The lowest BCUT2D eigenvalue weighted by molar-refractivity contribution is -0.143. The molecule has 0 aromatic rings. The van der Waals surface area contributed by atoms with E-state index in [2.05, 4.69) is 69.3 Å². The van der Waals surface area contributed by atoms with Gasteiger partial charge in [0, 0.05) is 38.2 Å². The molecular weight excluding hydrogens is 623 g/mol. The van der Waals surface area contributed by atoms with Crippen LogP contribution in [0, 0.1) is 29.6 Å². The Morgan fingerprint density at radius 3 is 2.20 bits per heavy atom. The Bertz CT molecular complexity index is 962. The zero-order valence-corrected chi connectivity index (χ0v) is 32.0. The van der Waals surface area contributed by atoms with Crippen molar-refractivity contribution in [2.75, 3.05) is 33.2 Å². The zero-order chi connectivity index (χ0) is 33.5. The van der Waals surface area contributed by atoms with Crippen LogP contribution in [0.3, 0.4) is 0 Å². The molecule has 3 saturated heterocycles. The first kappa shape index (κ1) is 37.4. The second-order valence-corrected chi connectivity index (χ2v) is 24.3. The van der Waals surface area contributed by atoms with E-state index in [1.807, 2.05) is 0 Å². The van der Waals surface area contributed by atoms with Gasteiger partial charge < -0.3 is 14.0 Å². The minimum absolute atomic E-state index is 0.0135. The number of methoxy groups -OCH3 is 1. The number of ether oxygens (including phenoxy) is 2. The van der Waals surface area contributed by atoms with E-state index in [1.165, 1.54) is 0 Å². The number of nitrogens with zero attached hydrogens (tertiary/aromatic N) is 1. The fraction of sp³-hybridized carbons (Fsp3) is 1.00. The van der Waals surface area contributed by atoms with Crippen LogP contribution in [-0.4, -0.2) is 99.0 Å². The third-order valence-corrected chi connectivity index (χ3v) is 22.4. The van der Waals surface area contributed by atoms with E-state index < -0.39 is 49.2 Å².